The van der Waals surface area contributed by atoms with Crippen molar-refractivity contribution >= 4 is 5.90 Å². The van der Waals surface area contributed by atoms with E-state index in [0.717, 1.165) is 0 Å². The van der Waals surface area contributed by atoms with Gasteiger partial charge >= 0.3 is 0 Å². The molecule has 0 aromatic carbocycles. The third kappa shape index (κ3) is 1.76. The molecule has 0 atom stereocenters. The van der Waals surface area contributed by atoms with E-state index in [2.05, 4.69) is 10.5 Å². The van der Waals surface area contributed by atoms with Gasteiger partial charge in [-0.3, -0.25) is 5.43 Å². The number of hydrogen-bond acceptors (Lipinski definition) is 5. The summed E-state index contributed by atoms with van der Waals surface area (Å²) in [7, 11) is 4.89. The van der Waals surface area contributed by atoms with E-state index in [-0.39, 0.29) is 0 Å². The summed E-state index contributed by atoms with van der Waals surface area (Å²) in [6.45, 7) is 0. The molecule has 0 amide bonds. The highest BCUT2D eigenvalue weighted by molar-refractivity contribution is 5.88. The van der Waals surface area contributed by atoms with Gasteiger partial charge in [0.05, 0.1) is 20.3 Å². The van der Waals surface area contributed by atoms with Crippen molar-refractivity contribution < 1.29 is 9.47 Å². The van der Waals surface area contributed by atoms with Crippen molar-refractivity contribution in [3.8, 4) is 0 Å². The van der Waals surface area contributed by atoms with Crippen LogP contribution in [0.3, 0.4) is 0 Å². The van der Waals surface area contributed by atoms with Crippen LogP contribution < -0.4 is 5.43 Å². The molecule has 0 aromatic rings. The summed E-state index contributed by atoms with van der Waals surface area (Å²) in [5.74, 6) is 1.13. The van der Waals surface area contributed by atoms with Gasteiger partial charge in [0.1, 0.15) is 0 Å². The summed E-state index contributed by atoms with van der Waals surface area (Å²) < 4.78 is 9.85. The molecule has 5 heteroatoms. The van der Waals surface area contributed by atoms with Crippen molar-refractivity contribution in [3.05, 3.63) is 12.0 Å². The van der Waals surface area contributed by atoms with Crippen LogP contribution in [0.1, 0.15) is 0 Å². The molecule has 11 heavy (non-hydrogen) atoms. The van der Waals surface area contributed by atoms with Gasteiger partial charge in [0.15, 0.2) is 0 Å². The lowest BCUT2D eigenvalue weighted by atomic mass is 10.5. The van der Waals surface area contributed by atoms with Gasteiger partial charge in [-0.05, 0) is 0 Å². The standard InChI is InChI=1S/C6H11N3O2/c1-9-7-5(10-2)4-6(8-9)11-3/h4,7H,1-3H3. The second-order valence-electron chi connectivity index (χ2n) is 1.99. The fourth-order valence-corrected chi connectivity index (χ4v) is 0.710. The van der Waals surface area contributed by atoms with Crippen LogP contribution in [0, 0.1) is 0 Å². The van der Waals surface area contributed by atoms with Gasteiger partial charge in [-0.2, -0.15) is 0 Å². The molecule has 62 valence electrons. The Balaban J connectivity index is 2.71. The Hall–Kier alpha value is -1.39. The lowest BCUT2D eigenvalue weighted by molar-refractivity contribution is 0.158. The van der Waals surface area contributed by atoms with Crippen molar-refractivity contribution in [2.75, 3.05) is 21.3 Å². The summed E-state index contributed by atoms with van der Waals surface area (Å²) in [5, 5.41) is 5.47. The lowest BCUT2D eigenvalue weighted by Crippen LogP contribution is -2.34. The zero-order valence-electron chi connectivity index (χ0n) is 6.79. The van der Waals surface area contributed by atoms with Gasteiger partial charge < -0.3 is 9.47 Å². The van der Waals surface area contributed by atoms with E-state index in [9.17, 15) is 0 Å². The number of ether oxygens (including phenoxy) is 2. The van der Waals surface area contributed by atoms with E-state index < -0.39 is 0 Å². The Kier molecular flexibility index (Phi) is 2.20. The third-order valence-corrected chi connectivity index (χ3v) is 1.20. The van der Waals surface area contributed by atoms with Gasteiger partial charge in [0, 0.05) is 7.05 Å². The molecular weight excluding hydrogens is 146 g/mol. The molecule has 0 aromatic heterocycles. The van der Waals surface area contributed by atoms with Crippen LogP contribution >= 0.6 is 0 Å². The van der Waals surface area contributed by atoms with Gasteiger partial charge in [0.25, 0.3) is 0 Å². The van der Waals surface area contributed by atoms with Crippen molar-refractivity contribution in [2.45, 2.75) is 0 Å². The molecule has 1 heterocycles. The van der Waals surface area contributed by atoms with E-state index in [1.54, 1.807) is 27.3 Å². The predicted octanol–water partition coefficient (Wildman–Crippen LogP) is -0.116. The van der Waals surface area contributed by atoms with Crippen LogP contribution in [0.25, 0.3) is 0 Å². The molecule has 0 unspecified atom stereocenters. The maximum Gasteiger partial charge on any atom is 0.237 e. The van der Waals surface area contributed by atoms with Crippen molar-refractivity contribution in [3.63, 3.8) is 0 Å². The van der Waals surface area contributed by atoms with E-state index in [0.29, 0.717) is 11.8 Å². The first-order chi connectivity index (χ1) is 5.26. The number of nitrogens with zero attached hydrogens (tertiary/aromatic N) is 2. The third-order valence-electron chi connectivity index (χ3n) is 1.20. The molecule has 1 rings (SSSR count). The zero-order valence-corrected chi connectivity index (χ0v) is 6.79. The maximum absolute atomic E-state index is 4.94. The lowest BCUT2D eigenvalue weighted by Gasteiger charge is -2.21. The van der Waals surface area contributed by atoms with Gasteiger partial charge in [-0.15, -0.1) is 5.10 Å². The van der Waals surface area contributed by atoms with Crippen molar-refractivity contribution in [1.29, 1.82) is 0 Å². The van der Waals surface area contributed by atoms with Crippen LogP contribution in [0.5, 0.6) is 0 Å². The molecule has 5 nitrogen and oxygen atoms in total. The zero-order chi connectivity index (χ0) is 8.27. The number of rotatable bonds is 1. The minimum atomic E-state index is 0.517. The number of hydrazone groups is 1. The molecule has 0 bridgehead atoms. The molecule has 0 spiro atoms. The van der Waals surface area contributed by atoms with E-state index in [1.807, 2.05) is 0 Å². The minimum absolute atomic E-state index is 0.517. The van der Waals surface area contributed by atoms with E-state index >= 15 is 0 Å². The van der Waals surface area contributed by atoms with Gasteiger partial charge in [0.2, 0.25) is 11.8 Å². The summed E-state index contributed by atoms with van der Waals surface area (Å²) in [6.07, 6.45) is 1.67. The second kappa shape index (κ2) is 3.14. The molecule has 1 aliphatic rings. The largest absolute Gasteiger partial charge is 0.481 e. The first kappa shape index (κ1) is 7.71. The van der Waals surface area contributed by atoms with Crippen LogP contribution in [0.15, 0.2) is 17.1 Å². The second-order valence-corrected chi connectivity index (χ2v) is 1.99. The molecule has 0 radical (unpaired) electrons. The Bertz CT molecular complexity index is 200. The molecule has 1 N–H and O–H groups in total. The molecule has 1 aliphatic heterocycles. The van der Waals surface area contributed by atoms with Gasteiger partial charge in [-0.25, -0.2) is 5.12 Å². The number of hydrazine groups is 1. The highest BCUT2D eigenvalue weighted by atomic mass is 16.5. The Morgan fingerprint density at radius 2 is 2.18 bits per heavy atom. The molecule has 0 saturated carbocycles. The Morgan fingerprint density at radius 1 is 1.45 bits per heavy atom. The summed E-state index contributed by atoms with van der Waals surface area (Å²) >= 11 is 0. The van der Waals surface area contributed by atoms with Crippen molar-refractivity contribution in [2.24, 2.45) is 5.10 Å². The topological polar surface area (TPSA) is 46.1 Å². The normalized spacial score (nSPS) is 16.5. The average Bonchev–Trinajstić information content (AvgIpc) is 2.03. The average molecular weight is 157 g/mol. The molecule has 0 aliphatic carbocycles. The maximum atomic E-state index is 4.94. The predicted molar refractivity (Wildman–Crippen MR) is 40.4 cm³/mol. The fourth-order valence-electron chi connectivity index (χ4n) is 0.710. The van der Waals surface area contributed by atoms with Crippen LogP contribution in [0.2, 0.25) is 0 Å². The molecular formula is C6H11N3O2. The summed E-state index contributed by atoms with van der Waals surface area (Å²) in [5.41, 5.74) is 2.84. The van der Waals surface area contributed by atoms with E-state index in [4.69, 9.17) is 9.47 Å². The van der Waals surface area contributed by atoms with Crippen LogP contribution in [0.4, 0.5) is 0 Å². The highest BCUT2D eigenvalue weighted by Crippen LogP contribution is 2.00. The first-order valence-corrected chi connectivity index (χ1v) is 3.15. The SMILES string of the molecule is COC1=CC(OC)=NN(C)N1. The first-order valence-electron chi connectivity index (χ1n) is 3.15. The van der Waals surface area contributed by atoms with Crippen LogP contribution in [-0.2, 0) is 9.47 Å². The highest BCUT2D eigenvalue weighted by Gasteiger charge is 2.08. The summed E-state index contributed by atoms with van der Waals surface area (Å²) in [6, 6.07) is 0. The quantitative estimate of drug-likeness (QED) is 0.576. The molecule has 0 fully saturated rings. The van der Waals surface area contributed by atoms with E-state index in [1.165, 1.54) is 5.12 Å². The summed E-state index contributed by atoms with van der Waals surface area (Å²) in [4.78, 5) is 0. The fraction of sp³-hybridized carbons (Fsp3) is 0.500. The van der Waals surface area contributed by atoms with Crippen LogP contribution in [-0.4, -0.2) is 32.3 Å². The minimum Gasteiger partial charge on any atom is -0.481 e. The van der Waals surface area contributed by atoms with Gasteiger partial charge in [-0.1, -0.05) is 0 Å². The van der Waals surface area contributed by atoms with Crippen molar-refractivity contribution in [1.82, 2.24) is 10.5 Å². The number of nitrogens with one attached hydrogen (secondary N) is 1. The number of methoxy groups -OCH3 is 2. The smallest absolute Gasteiger partial charge is 0.237 e. The molecule has 0 saturated heterocycles. The Morgan fingerprint density at radius 3 is 2.73 bits per heavy atom. The monoisotopic (exact) mass is 157 g/mol. The number of hydrogen-bond donors (Lipinski definition) is 1. The Labute approximate surface area is 65.2 Å².